The zero-order chi connectivity index (χ0) is 13.8. The van der Waals surface area contributed by atoms with E-state index in [2.05, 4.69) is 10.9 Å². The van der Waals surface area contributed by atoms with Crippen molar-refractivity contribution in [3.05, 3.63) is 12.0 Å². The van der Waals surface area contributed by atoms with Crippen LogP contribution < -0.4 is 0 Å². The molecule has 0 radical (unpaired) electrons. The number of hydrogen-bond acceptors (Lipinski definition) is 3. The van der Waals surface area contributed by atoms with Crippen LogP contribution in [-0.2, 0) is 16.6 Å². The van der Waals surface area contributed by atoms with Gasteiger partial charge in [0.1, 0.15) is 5.82 Å². The molecular formula is C12H19N3O2S. The quantitative estimate of drug-likeness (QED) is 0.730. The first-order valence-electron chi connectivity index (χ1n) is 5.94. The minimum atomic E-state index is -3.58. The maximum Gasteiger partial charge on any atom is 0.262 e. The summed E-state index contributed by atoms with van der Waals surface area (Å²) in [5.74, 6) is 3.06. The maximum absolute atomic E-state index is 12.3. The molecule has 5 nitrogen and oxygen atoms in total. The van der Waals surface area contributed by atoms with Gasteiger partial charge < -0.3 is 4.57 Å². The van der Waals surface area contributed by atoms with Crippen LogP contribution in [0.4, 0.5) is 0 Å². The van der Waals surface area contributed by atoms with Crippen LogP contribution in [0.1, 0.15) is 26.1 Å². The molecule has 0 saturated heterocycles. The average molecular weight is 269 g/mol. The molecule has 1 rings (SSSR count). The van der Waals surface area contributed by atoms with Gasteiger partial charge in [-0.05, 0) is 20.3 Å². The molecule has 0 saturated carbocycles. The number of aromatic nitrogens is 2. The van der Waals surface area contributed by atoms with Crippen molar-refractivity contribution in [1.82, 2.24) is 13.9 Å². The van der Waals surface area contributed by atoms with Crippen molar-refractivity contribution in [2.24, 2.45) is 0 Å². The third kappa shape index (κ3) is 2.92. The maximum atomic E-state index is 12.3. The van der Waals surface area contributed by atoms with Crippen molar-refractivity contribution < 1.29 is 8.42 Å². The zero-order valence-corrected chi connectivity index (χ0v) is 11.9. The normalized spacial score (nSPS) is 11.7. The van der Waals surface area contributed by atoms with Crippen LogP contribution in [0.3, 0.4) is 0 Å². The van der Waals surface area contributed by atoms with Crippen molar-refractivity contribution in [1.29, 1.82) is 0 Å². The van der Waals surface area contributed by atoms with Gasteiger partial charge >= 0.3 is 0 Å². The van der Waals surface area contributed by atoms with Gasteiger partial charge in [0.15, 0.2) is 5.03 Å². The lowest BCUT2D eigenvalue weighted by atomic mass is 10.5. The van der Waals surface area contributed by atoms with Gasteiger partial charge in [0, 0.05) is 19.3 Å². The molecule has 0 aliphatic rings. The van der Waals surface area contributed by atoms with E-state index in [1.54, 1.807) is 17.7 Å². The molecule has 0 amide bonds. The zero-order valence-electron chi connectivity index (χ0n) is 11.0. The molecule has 0 aromatic carbocycles. The fourth-order valence-corrected chi connectivity index (χ4v) is 3.13. The molecule has 0 unspecified atom stereocenters. The van der Waals surface area contributed by atoms with E-state index < -0.39 is 10.0 Å². The van der Waals surface area contributed by atoms with E-state index >= 15 is 0 Å². The van der Waals surface area contributed by atoms with Gasteiger partial charge in [0.05, 0.1) is 6.54 Å². The van der Waals surface area contributed by atoms with Gasteiger partial charge in [-0.1, -0.05) is 12.8 Å². The van der Waals surface area contributed by atoms with E-state index in [0.29, 0.717) is 25.3 Å². The Balaban J connectivity index is 3.14. The van der Waals surface area contributed by atoms with E-state index in [0.717, 1.165) is 0 Å². The van der Waals surface area contributed by atoms with E-state index in [-0.39, 0.29) is 11.6 Å². The number of nitrogens with zero attached hydrogens (tertiary/aromatic N) is 3. The van der Waals surface area contributed by atoms with Gasteiger partial charge in [-0.2, -0.15) is 4.31 Å². The average Bonchev–Trinajstić information content (AvgIpc) is 2.71. The summed E-state index contributed by atoms with van der Waals surface area (Å²) < 4.78 is 27.8. The second kappa shape index (κ2) is 6.03. The number of terminal acetylenes is 1. The molecule has 0 aliphatic heterocycles. The van der Waals surface area contributed by atoms with E-state index in [9.17, 15) is 8.42 Å². The van der Waals surface area contributed by atoms with Crippen molar-refractivity contribution in [2.75, 3.05) is 13.1 Å². The number of imidazole rings is 1. The molecule has 100 valence electrons. The Morgan fingerprint density at radius 2 is 2.17 bits per heavy atom. The molecule has 1 aromatic heterocycles. The highest BCUT2D eigenvalue weighted by Gasteiger charge is 2.26. The molecule has 1 aromatic rings. The summed E-state index contributed by atoms with van der Waals surface area (Å²) in [4.78, 5) is 4.10. The third-order valence-electron chi connectivity index (χ3n) is 2.64. The summed E-state index contributed by atoms with van der Waals surface area (Å²) in [6.07, 6.45) is 7.49. The largest absolute Gasteiger partial charge is 0.334 e. The molecule has 0 spiro atoms. The Labute approximate surface area is 109 Å². The Morgan fingerprint density at radius 1 is 1.50 bits per heavy atom. The van der Waals surface area contributed by atoms with Crippen molar-refractivity contribution in [2.45, 2.75) is 38.8 Å². The number of sulfonamides is 1. The second-order valence-electron chi connectivity index (χ2n) is 3.96. The Kier molecular flexibility index (Phi) is 4.93. The van der Waals surface area contributed by atoms with E-state index in [1.807, 2.05) is 13.8 Å². The molecule has 0 aliphatic carbocycles. The van der Waals surface area contributed by atoms with Crippen molar-refractivity contribution in [3.8, 4) is 12.3 Å². The number of rotatable bonds is 6. The third-order valence-corrected chi connectivity index (χ3v) is 4.36. The van der Waals surface area contributed by atoms with Crippen LogP contribution in [0.2, 0.25) is 0 Å². The molecule has 0 N–H and O–H groups in total. The van der Waals surface area contributed by atoms with Crippen LogP contribution in [0.15, 0.2) is 11.2 Å². The monoisotopic (exact) mass is 269 g/mol. The standard InChI is InChI=1S/C12H19N3O2S/c1-5-8-15(9-6-2)18(16,17)12-10-14(7-3)11(4)13-12/h1,10H,6-9H2,2-4H3. The molecule has 0 bridgehead atoms. The Bertz CT molecular complexity index is 540. The van der Waals surface area contributed by atoms with Gasteiger partial charge in [-0.3, -0.25) is 0 Å². The fraction of sp³-hybridized carbons (Fsp3) is 0.583. The summed E-state index contributed by atoms with van der Waals surface area (Å²) in [6.45, 7) is 6.81. The topological polar surface area (TPSA) is 55.2 Å². The first-order valence-corrected chi connectivity index (χ1v) is 7.38. The SMILES string of the molecule is C#CCN(CCC)S(=O)(=O)c1cn(CC)c(C)n1. The number of hydrogen-bond donors (Lipinski definition) is 0. The molecule has 0 fully saturated rings. The van der Waals surface area contributed by atoms with Gasteiger partial charge in [-0.15, -0.1) is 6.42 Å². The Hall–Kier alpha value is -1.32. The summed E-state index contributed by atoms with van der Waals surface area (Å²) in [7, 11) is -3.58. The fourth-order valence-electron chi connectivity index (χ4n) is 1.69. The van der Waals surface area contributed by atoms with Crippen molar-refractivity contribution >= 4 is 10.0 Å². The first-order chi connectivity index (χ1) is 8.47. The number of aryl methyl sites for hydroxylation is 2. The Morgan fingerprint density at radius 3 is 2.61 bits per heavy atom. The minimum Gasteiger partial charge on any atom is -0.334 e. The summed E-state index contributed by atoms with van der Waals surface area (Å²) >= 11 is 0. The van der Waals surface area contributed by atoms with Gasteiger partial charge in [0.2, 0.25) is 0 Å². The summed E-state index contributed by atoms with van der Waals surface area (Å²) in [6, 6.07) is 0. The van der Waals surface area contributed by atoms with Crippen LogP contribution in [0.25, 0.3) is 0 Å². The lowest BCUT2D eigenvalue weighted by Gasteiger charge is -2.17. The molecule has 0 atom stereocenters. The predicted molar refractivity (Wildman–Crippen MR) is 70.5 cm³/mol. The first kappa shape index (κ1) is 14.7. The smallest absolute Gasteiger partial charge is 0.262 e. The van der Waals surface area contributed by atoms with E-state index in [1.165, 1.54) is 4.31 Å². The molecule has 18 heavy (non-hydrogen) atoms. The highest BCUT2D eigenvalue weighted by atomic mass is 32.2. The van der Waals surface area contributed by atoms with Crippen LogP contribution in [-0.4, -0.2) is 35.4 Å². The van der Waals surface area contributed by atoms with Gasteiger partial charge in [0.25, 0.3) is 10.0 Å². The predicted octanol–water partition coefficient (Wildman–Crippen LogP) is 1.25. The molecule has 1 heterocycles. The van der Waals surface area contributed by atoms with Crippen LogP contribution in [0, 0.1) is 19.3 Å². The molecular weight excluding hydrogens is 250 g/mol. The summed E-state index contributed by atoms with van der Waals surface area (Å²) in [5.41, 5.74) is 0. The highest BCUT2D eigenvalue weighted by molar-refractivity contribution is 7.89. The summed E-state index contributed by atoms with van der Waals surface area (Å²) in [5, 5.41) is 0.0746. The molecule has 6 heteroatoms. The van der Waals surface area contributed by atoms with Crippen molar-refractivity contribution in [3.63, 3.8) is 0 Å². The van der Waals surface area contributed by atoms with Crippen LogP contribution in [0.5, 0.6) is 0 Å². The van der Waals surface area contributed by atoms with Crippen LogP contribution >= 0.6 is 0 Å². The highest BCUT2D eigenvalue weighted by Crippen LogP contribution is 2.15. The minimum absolute atomic E-state index is 0.0746. The second-order valence-corrected chi connectivity index (χ2v) is 5.84. The lowest BCUT2D eigenvalue weighted by Crippen LogP contribution is -2.32. The van der Waals surface area contributed by atoms with Gasteiger partial charge in [-0.25, -0.2) is 13.4 Å². The van der Waals surface area contributed by atoms with E-state index in [4.69, 9.17) is 6.42 Å². The lowest BCUT2D eigenvalue weighted by molar-refractivity contribution is 0.443.